The zero-order valence-electron chi connectivity index (χ0n) is 8.14. The highest BCUT2D eigenvalue weighted by molar-refractivity contribution is 7.81. The zero-order chi connectivity index (χ0) is 9.59. The van der Waals surface area contributed by atoms with E-state index >= 15 is 0 Å². The van der Waals surface area contributed by atoms with E-state index in [2.05, 4.69) is 39.0 Å². The van der Waals surface area contributed by atoms with Gasteiger partial charge in [0.25, 0.3) is 0 Å². The van der Waals surface area contributed by atoms with Crippen molar-refractivity contribution in [2.45, 2.75) is 20.8 Å². The minimum Gasteiger partial charge on any atom is -0.0791 e. The van der Waals surface area contributed by atoms with Crippen LogP contribution in [0.15, 0.2) is 17.7 Å². The SMILES string of the molecule is CC1=Cc2c(C)ccc(C)c2C1=S. The van der Waals surface area contributed by atoms with Crippen LogP contribution in [0.5, 0.6) is 0 Å². The molecule has 66 valence electrons. The molecule has 13 heavy (non-hydrogen) atoms. The fourth-order valence-electron chi connectivity index (χ4n) is 1.80. The molecule has 0 fully saturated rings. The van der Waals surface area contributed by atoms with Crippen molar-refractivity contribution in [2.24, 2.45) is 0 Å². The Morgan fingerprint density at radius 3 is 2.23 bits per heavy atom. The Labute approximate surface area is 84.3 Å². The summed E-state index contributed by atoms with van der Waals surface area (Å²) in [4.78, 5) is 1.02. The minimum atomic E-state index is 1.02. The second-order valence-electron chi connectivity index (χ2n) is 3.64. The number of aryl methyl sites for hydroxylation is 2. The monoisotopic (exact) mass is 188 g/mol. The number of hydrogen-bond donors (Lipinski definition) is 0. The van der Waals surface area contributed by atoms with Gasteiger partial charge in [0.1, 0.15) is 0 Å². The smallest absolute Gasteiger partial charge is 0.0487 e. The lowest BCUT2D eigenvalue weighted by Gasteiger charge is -2.06. The second-order valence-corrected chi connectivity index (χ2v) is 4.05. The quantitative estimate of drug-likeness (QED) is 0.562. The summed E-state index contributed by atoms with van der Waals surface area (Å²) >= 11 is 5.38. The van der Waals surface area contributed by atoms with Crippen LogP contribution in [0.2, 0.25) is 0 Å². The maximum atomic E-state index is 5.38. The zero-order valence-corrected chi connectivity index (χ0v) is 8.96. The maximum Gasteiger partial charge on any atom is 0.0487 e. The molecule has 0 unspecified atom stereocenters. The molecule has 1 aliphatic carbocycles. The van der Waals surface area contributed by atoms with Crippen LogP contribution < -0.4 is 0 Å². The van der Waals surface area contributed by atoms with Crippen molar-refractivity contribution >= 4 is 23.2 Å². The Morgan fingerprint density at radius 1 is 1.00 bits per heavy atom. The van der Waals surface area contributed by atoms with Crippen LogP contribution in [0.4, 0.5) is 0 Å². The molecule has 1 aromatic rings. The Bertz CT molecular complexity index is 425. The first-order valence-electron chi connectivity index (χ1n) is 4.44. The van der Waals surface area contributed by atoms with Crippen molar-refractivity contribution in [3.05, 3.63) is 40.0 Å². The summed E-state index contributed by atoms with van der Waals surface area (Å²) < 4.78 is 0. The normalized spacial score (nSPS) is 14.4. The van der Waals surface area contributed by atoms with Crippen molar-refractivity contribution in [2.75, 3.05) is 0 Å². The van der Waals surface area contributed by atoms with Gasteiger partial charge in [0.05, 0.1) is 0 Å². The molecule has 0 saturated heterocycles. The van der Waals surface area contributed by atoms with Crippen LogP contribution in [0.25, 0.3) is 6.08 Å². The van der Waals surface area contributed by atoms with Crippen LogP contribution in [-0.4, -0.2) is 4.86 Å². The first-order chi connectivity index (χ1) is 6.11. The molecule has 0 spiro atoms. The molecular weight excluding hydrogens is 176 g/mol. The summed E-state index contributed by atoms with van der Waals surface area (Å²) in [5.74, 6) is 0. The van der Waals surface area contributed by atoms with Gasteiger partial charge in [-0.25, -0.2) is 0 Å². The highest BCUT2D eigenvalue weighted by Crippen LogP contribution is 2.30. The van der Waals surface area contributed by atoms with E-state index in [1.807, 2.05) is 0 Å². The first kappa shape index (κ1) is 8.64. The molecule has 1 aromatic carbocycles. The van der Waals surface area contributed by atoms with Gasteiger partial charge in [0.2, 0.25) is 0 Å². The Morgan fingerprint density at radius 2 is 1.62 bits per heavy atom. The second kappa shape index (κ2) is 2.78. The fourth-order valence-corrected chi connectivity index (χ4v) is 2.13. The minimum absolute atomic E-state index is 1.02. The molecule has 1 aliphatic rings. The third-order valence-electron chi connectivity index (χ3n) is 2.62. The molecule has 0 atom stereocenters. The first-order valence-corrected chi connectivity index (χ1v) is 4.85. The van der Waals surface area contributed by atoms with Crippen molar-refractivity contribution in [3.8, 4) is 0 Å². The molecule has 0 radical (unpaired) electrons. The molecule has 0 aliphatic heterocycles. The summed E-state index contributed by atoms with van der Waals surface area (Å²) in [6.45, 7) is 6.34. The lowest BCUT2D eigenvalue weighted by atomic mass is 9.99. The molecule has 0 bridgehead atoms. The van der Waals surface area contributed by atoms with E-state index in [0.29, 0.717) is 0 Å². The molecule has 1 heteroatoms. The van der Waals surface area contributed by atoms with E-state index in [9.17, 15) is 0 Å². The fraction of sp³-hybridized carbons (Fsp3) is 0.250. The van der Waals surface area contributed by atoms with Crippen molar-refractivity contribution in [1.82, 2.24) is 0 Å². The molecule has 0 amide bonds. The van der Waals surface area contributed by atoms with Crippen LogP contribution >= 0.6 is 12.2 Å². The van der Waals surface area contributed by atoms with Gasteiger partial charge in [-0.2, -0.15) is 0 Å². The number of allylic oxidation sites excluding steroid dienone is 1. The van der Waals surface area contributed by atoms with Gasteiger partial charge >= 0.3 is 0 Å². The van der Waals surface area contributed by atoms with Gasteiger partial charge in [0, 0.05) is 10.4 Å². The average Bonchev–Trinajstić information content (AvgIpc) is 2.38. The van der Waals surface area contributed by atoms with Crippen LogP contribution in [-0.2, 0) is 0 Å². The molecule has 0 aromatic heterocycles. The molecule has 0 heterocycles. The van der Waals surface area contributed by atoms with Gasteiger partial charge in [-0.1, -0.05) is 24.4 Å². The lowest BCUT2D eigenvalue weighted by molar-refractivity contribution is 1.37. The van der Waals surface area contributed by atoms with Crippen molar-refractivity contribution < 1.29 is 0 Å². The molecule has 0 saturated carbocycles. The van der Waals surface area contributed by atoms with E-state index in [4.69, 9.17) is 12.2 Å². The van der Waals surface area contributed by atoms with Gasteiger partial charge in [-0.05, 0) is 49.1 Å². The van der Waals surface area contributed by atoms with Crippen LogP contribution in [0.1, 0.15) is 29.2 Å². The van der Waals surface area contributed by atoms with E-state index in [1.54, 1.807) is 0 Å². The van der Waals surface area contributed by atoms with Crippen molar-refractivity contribution in [3.63, 3.8) is 0 Å². The summed E-state index contributed by atoms with van der Waals surface area (Å²) in [6, 6.07) is 4.30. The third kappa shape index (κ3) is 1.15. The predicted octanol–water partition coefficient (Wildman–Crippen LogP) is 3.44. The average molecular weight is 188 g/mol. The number of rotatable bonds is 0. The van der Waals surface area contributed by atoms with Gasteiger partial charge in [-0.3, -0.25) is 0 Å². The van der Waals surface area contributed by atoms with E-state index in [1.165, 1.54) is 27.8 Å². The molecule has 0 nitrogen and oxygen atoms in total. The van der Waals surface area contributed by atoms with E-state index < -0.39 is 0 Å². The Balaban J connectivity index is 2.78. The van der Waals surface area contributed by atoms with Crippen molar-refractivity contribution in [1.29, 1.82) is 0 Å². The predicted molar refractivity (Wildman–Crippen MR) is 61.3 cm³/mol. The summed E-state index contributed by atoms with van der Waals surface area (Å²) in [6.07, 6.45) is 2.19. The van der Waals surface area contributed by atoms with E-state index in [0.717, 1.165) is 4.86 Å². The highest BCUT2D eigenvalue weighted by Gasteiger charge is 2.18. The number of thiocarbonyl (C=S) groups is 1. The third-order valence-corrected chi connectivity index (χ3v) is 3.14. The Hall–Kier alpha value is -0.950. The molecular formula is C12H12S. The number of fused-ring (bicyclic) bond motifs is 1. The van der Waals surface area contributed by atoms with Gasteiger partial charge < -0.3 is 0 Å². The van der Waals surface area contributed by atoms with Crippen LogP contribution in [0, 0.1) is 13.8 Å². The van der Waals surface area contributed by atoms with Gasteiger partial charge in [0.15, 0.2) is 0 Å². The Kier molecular flexibility index (Phi) is 1.85. The number of hydrogen-bond acceptors (Lipinski definition) is 1. The topological polar surface area (TPSA) is 0 Å². The van der Waals surface area contributed by atoms with Crippen LogP contribution in [0.3, 0.4) is 0 Å². The largest absolute Gasteiger partial charge is 0.0791 e. The summed E-state index contributed by atoms with van der Waals surface area (Å²) in [5.41, 5.74) is 6.43. The lowest BCUT2D eigenvalue weighted by Crippen LogP contribution is -1.98. The summed E-state index contributed by atoms with van der Waals surface area (Å²) in [7, 11) is 0. The number of benzene rings is 1. The van der Waals surface area contributed by atoms with Gasteiger partial charge in [-0.15, -0.1) is 0 Å². The summed E-state index contributed by atoms with van der Waals surface area (Å²) in [5, 5.41) is 0. The highest BCUT2D eigenvalue weighted by atomic mass is 32.1. The standard InChI is InChI=1S/C12H12S/c1-7-4-5-8(2)11-10(7)6-9(3)12(11)13/h4-6H,1-3H3. The molecule has 2 rings (SSSR count). The van der Waals surface area contributed by atoms with E-state index in [-0.39, 0.29) is 0 Å². The maximum absolute atomic E-state index is 5.38. The molecule has 0 N–H and O–H groups in total.